The second-order valence-corrected chi connectivity index (χ2v) is 5.79. The van der Waals surface area contributed by atoms with Gasteiger partial charge in [0.15, 0.2) is 5.78 Å². The van der Waals surface area contributed by atoms with Crippen LogP contribution in [-0.4, -0.2) is 28.3 Å². The quantitative estimate of drug-likeness (QED) is 0.596. The minimum absolute atomic E-state index is 0.00983. The average molecular weight is 356 g/mol. The zero-order valence-electron chi connectivity index (χ0n) is 14.6. The number of nitrogens with zero attached hydrogens (tertiary/aromatic N) is 1. The minimum atomic E-state index is -0.863. The molecule has 0 aliphatic carbocycles. The summed E-state index contributed by atoms with van der Waals surface area (Å²) >= 11 is 0. The van der Waals surface area contributed by atoms with Crippen molar-refractivity contribution in [2.75, 3.05) is 0 Å². The molecule has 1 aromatic carbocycles. The van der Waals surface area contributed by atoms with E-state index in [-0.39, 0.29) is 24.5 Å². The van der Waals surface area contributed by atoms with Crippen molar-refractivity contribution in [1.29, 1.82) is 0 Å². The molecule has 1 atom stereocenters. The summed E-state index contributed by atoms with van der Waals surface area (Å²) in [7, 11) is 0. The molecule has 0 aliphatic heterocycles. The van der Waals surface area contributed by atoms with E-state index in [1.807, 2.05) is 30.3 Å². The van der Waals surface area contributed by atoms with Gasteiger partial charge < -0.3 is 14.6 Å². The third-order valence-electron chi connectivity index (χ3n) is 3.67. The first kappa shape index (κ1) is 19.1. The monoisotopic (exact) mass is 356 g/mol. The molecule has 0 fully saturated rings. The van der Waals surface area contributed by atoms with Crippen molar-refractivity contribution in [1.82, 2.24) is 9.88 Å². The van der Waals surface area contributed by atoms with Gasteiger partial charge in [-0.25, -0.2) is 4.79 Å². The number of benzene rings is 1. The second-order valence-electron chi connectivity index (χ2n) is 5.79. The molecule has 0 spiro atoms. The van der Waals surface area contributed by atoms with E-state index in [4.69, 9.17) is 4.74 Å². The van der Waals surface area contributed by atoms with Crippen LogP contribution in [0.1, 0.15) is 29.8 Å². The summed E-state index contributed by atoms with van der Waals surface area (Å²) in [4.78, 5) is 47.5. The van der Waals surface area contributed by atoms with Crippen LogP contribution < -0.4 is 10.9 Å². The van der Waals surface area contributed by atoms with Crippen LogP contribution in [0.5, 0.6) is 0 Å². The molecular weight excluding hydrogens is 336 g/mol. The molecule has 0 saturated carbocycles. The Morgan fingerprint density at radius 2 is 1.81 bits per heavy atom. The zero-order valence-corrected chi connectivity index (χ0v) is 14.6. The summed E-state index contributed by atoms with van der Waals surface area (Å²) in [5, 5.41) is 2.48. The van der Waals surface area contributed by atoms with Crippen LogP contribution in [0.4, 0.5) is 0 Å². The fourth-order valence-electron chi connectivity index (χ4n) is 2.28. The summed E-state index contributed by atoms with van der Waals surface area (Å²) in [5.41, 5.74) is 0.303. The van der Waals surface area contributed by atoms with E-state index in [0.29, 0.717) is 0 Å². The molecule has 1 N–H and O–H groups in total. The van der Waals surface area contributed by atoms with Crippen LogP contribution in [0.25, 0.3) is 0 Å². The Hall–Kier alpha value is -3.22. The highest BCUT2D eigenvalue weighted by Gasteiger charge is 2.18. The lowest BCUT2D eigenvalue weighted by Gasteiger charge is -2.14. The van der Waals surface area contributed by atoms with Gasteiger partial charge in [0.25, 0.3) is 5.56 Å². The molecule has 2 rings (SSSR count). The first-order chi connectivity index (χ1) is 12.4. The molecule has 1 aromatic heterocycles. The third-order valence-corrected chi connectivity index (χ3v) is 3.67. The van der Waals surface area contributed by atoms with Crippen LogP contribution >= 0.6 is 0 Å². The number of ketones is 1. The molecule has 7 nitrogen and oxygen atoms in total. The third kappa shape index (κ3) is 5.14. The lowest BCUT2D eigenvalue weighted by atomic mass is 10.2. The number of ether oxygens (including phenoxy) is 1. The fraction of sp³-hybridized carbons (Fsp3) is 0.263. The number of esters is 1. The van der Waals surface area contributed by atoms with Crippen molar-refractivity contribution in [3.05, 3.63) is 70.1 Å². The van der Waals surface area contributed by atoms with E-state index in [0.717, 1.165) is 10.1 Å². The van der Waals surface area contributed by atoms with Crippen LogP contribution in [0.3, 0.4) is 0 Å². The van der Waals surface area contributed by atoms with Crippen LogP contribution in [0.15, 0.2) is 53.5 Å². The highest BCUT2D eigenvalue weighted by Crippen LogP contribution is 2.02. The van der Waals surface area contributed by atoms with Gasteiger partial charge in [-0.1, -0.05) is 30.3 Å². The molecule has 0 saturated heterocycles. The standard InChI is InChI=1S/C19H20N2O5/c1-13(19(25)26-12-15-7-4-3-5-8-15)20-17(23)11-21-10-6-9-16(14(2)22)18(21)24/h3-10,13H,11-12H2,1-2H3,(H,20,23)/t13-/m0/s1. The highest BCUT2D eigenvalue weighted by atomic mass is 16.5. The number of pyridine rings is 1. The first-order valence-electron chi connectivity index (χ1n) is 8.09. The molecule has 2 aromatic rings. The Balaban J connectivity index is 1.91. The van der Waals surface area contributed by atoms with Crippen molar-refractivity contribution in [2.45, 2.75) is 33.0 Å². The first-order valence-corrected chi connectivity index (χ1v) is 8.09. The number of Topliss-reactive ketones (excluding diaryl/α,β-unsaturated/α-hetero) is 1. The van der Waals surface area contributed by atoms with Gasteiger partial charge in [-0.2, -0.15) is 0 Å². The molecular formula is C19H20N2O5. The van der Waals surface area contributed by atoms with Crippen molar-refractivity contribution < 1.29 is 19.1 Å². The fourth-order valence-corrected chi connectivity index (χ4v) is 2.28. The number of carbonyl (C=O) groups excluding carboxylic acids is 3. The largest absolute Gasteiger partial charge is 0.459 e. The molecule has 26 heavy (non-hydrogen) atoms. The maximum atomic E-state index is 12.1. The summed E-state index contributed by atoms with van der Waals surface area (Å²) in [6.07, 6.45) is 1.41. The van der Waals surface area contributed by atoms with Crippen LogP contribution in [0, 0.1) is 0 Å². The summed E-state index contributed by atoms with van der Waals surface area (Å²) in [6, 6.07) is 11.2. The van der Waals surface area contributed by atoms with Gasteiger partial charge >= 0.3 is 5.97 Å². The van der Waals surface area contributed by atoms with Crippen molar-refractivity contribution in [2.24, 2.45) is 0 Å². The minimum Gasteiger partial charge on any atom is -0.459 e. The number of aromatic nitrogens is 1. The van der Waals surface area contributed by atoms with Crippen molar-refractivity contribution in [3.8, 4) is 0 Å². The van der Waals surface area contributed by atoms with Gasteiger partial charge in [0.1, 0.15) is 19.2 Å². The number of amides is 1. The molecule has 1 heterocycles. The topological polar surface area (TPSA) is 94.5 Å². The highest BCUT2D eigenvalue weighted by molar-refractivity contribution is 5.93. The number of nitrogens with one attached hydrogen (secondary N) is 1. The normalized spacial score (nSPS) is 11.5. The Bertz CT molecular complexity index is 858. The predicted octanol–water partition coefficient (Wildman–Crippen LogP) is 1.30. The zero-order chi connectivity index (χ0) is 19.1. The molecule has 0 unspecified atom stereocenters. The van der Waals surface area contributed by atoms with Gasteiger partial charge in [0.05, 0.1) is 5.56 Å². The van der Waals surface area contributed by atoms with E-state index >= 15 is 0 Å². The van der Waals surface area contributed by atoms with Gasteiger partial charge in [-0.05, 0) is 31.5 Å². The maximum absolute atomic E-state index is 12.1. The summed E-state index contributed by atoms with van der Waals surface area (Å²) < 4.78 is 6.27. The van der Waals surface area contributed by atoms with Crippen molar-refractivity contribution in [3.63, 3.8) is 0 Å². The Labute approximate surface area is 150 Å². The average Bonchev–Trinajstić information content (AvgIpc) is 2.62. The van der Waals surface area contributed by atoms with Gasteiger partial charge in [-0.15, -0.1) is 0 Å². The van der Waals surface area contributed by atoms with Gasteiger partial charge in [0.2, 0.25) is 5.91 Å². The SMILES string of the molecule is CC(=O)c1cccn(CC(=O)N[C@@H](C)C(=O)OCc2ccccc2)c1=O. The number of rotatable bonds is 7. The Kier molecular flexibility index (Phi) is 6.43. The van der Waals surface area contributed by atoms with Crippen molar-refractivity contribution >= 4 is 17.7 Å². The van der Waals surface area contributed by atoms with Gasteiger partial charge in [0, 0.05) is 6.20 Å². The van der Waals surface area contributed by atoms with E-state index in [1.54, 1.807) is 0 Å². The summed E-state index contributed by atoms with van der Waals surface area (Å²) in [5.74, 6) is -1.48. The lowest BCUT2D eigenvalue weighted by Crippen LogP contribution is -2.42. The number of hydrogen-bond donors (Lipinski definition) is 1. The Morgan fingerprint density at radius 1 is 1.12 bits per heavy atom. The predicted molar refractivity (Wildman–Crippen MR) is 94.5 cm³/mol. The van der Waals surface area contributed by atoms with E-state index in [9.17, 15) is 19.2 Å². The number of hydrogen-bond acceptors (Lipinski definition) is 5. The maximum Gasteiger partial charge on any atom is 0.328 e. The molecule has 0 radical (unpaired) electrons. The number of carbonyl (C=O) groups is 3. The van der Waals surface area contributed by atoms with E-state index in [2.05, 4.69) is 5.32 Å². The lowest BCUT2D eigenvalue weighted by molar-refractivity contribution is -0.148. The van der Waals surface area contributed by atoms with Gasteiger partial charge in [-0.3, -0.25) is 14.4 Å². The molecule has 0 aliphatic rings. The van der Waals surface area contributed by atoms with Crippen LogP contribution in [-0.2, 0) is 27.5 Å². The molecule has 7 heteroatoms. The second kappa shape index (κ2) is 8.75. The molecule has 0 bridgehead atoms. The van der Waals surface area contributed by atoms with E-state index in [1.165, 1.54) is 32.2 Å². The van der Waals surface area contributed by atoms with Crippen LogP contribution in [0.2, 0.25) is 0 Å². The smallest absolute Gasteiger partial charge is 0.328 e. The van der Waals surface area contributed by atoms with E-state index < -0.39 is 23.5 Å². The Morgan fingerprint density at radius 3 is 2.46 bits per heavy atom. The summed E-state index contributed by atoms with van der Waals surface area (Å²) in [6.45, 7) is 2.60. The molecule has 1 amide bonds. The molecule has 136 valence electrons.